The molecule has 0 saturated heterocycles. The van der Waals surface area contributed by atoms with Crippen LogP contribution in [-0.2, 0) is 15.8 Å². The molecule has 0 atom stereocenters. The minimum atomic E-state index is -4.10. The molecule has 1 heterocycles. The highest BCUT2D eigenvalue weighted by atomic mass is 32.2. The zero-order valence-corrected chi connectivity index (χ0v) is 16.1. The van der Waals surface area contributed by atoms with E-state index in [1.54, 1.807) is 6.07 Å². The van der Waals surface area contributed by atoms with Gasteiger partial charge in [0, 0.05) is 5.75 Å². The second-order valence-corrected chi connectivity index (χ2v) is 8.23. The Morgan fingerprint density at radius 2 is 1.75 bits per heavy atom. The second-order valence-electron chi connectivity index (χ2n) is 5.59. The fourth-order valence-electron chi connectivity index (χ4n) is 2.31. The van der Waals surface area contributed by atoms with Crippen molar-refractivity contribution in [2.45, 2.75) is 15.7 Å². The van der Waals surface area contributed by atoms with Crippen LogP contribution in [0.3, 0.4) is 0 Å². The number of rotatable bonds is 5. The molecule has 0 aliphatic rings. The summed E-state index contributed by atoms with van der Waals surface area (Å²) in [5.74, 6) is 0.287. The van der Waals surface area contributed by atoms with Crippen molar-refractivity contribution < 1.29 is 13.2 Å². The van der Waals surface area contributed by atoms with Gasteiger partial charge in [0.2, 0.25) is 0 Å². The van der Waals surface area contributed by atoms with Crippen LogP contribution < -0.4 is 10.5 Å². The van der Waals surface area contributed by atoms with Crippen LogP contribution in [-0.4, -0.2) is 24.2 Å². The highest BCUT2D eigenvalue weighted by Gasteiger charge is 2.24. The number of nitrogens with one attached hydrogen (secondary N) is 1. The summed E-state index contributed by atoms with van der Waals surface area (Å²) in [4.78, 5) is 12.3. The first-order valence-corrected chi connectivity index (χ1v) is 10.5. The highest BCUT2D eigenvalue weighted by Crippen LogP contribution is 2.28. The fourth-order valence-corrected chi connectivity index (χ4v) is 4.19. The van der Waals surface area contributed by atoms with E-state index in [0.29, 0.717) is 10.4 Å². The standard InChI is InChI=1S/C18H15N5O3S2/c19-11-15-16(20)23(21-17(15)27-12-13-7-3-1-4-8-13)18(24)22-28(25,26)14-9-5-2-6-10-14/h1-10H,12,20H2,(H,22,24). The zero-order valence-electron chi connectivity index (χ0n) is 14.4. The van der Waals surface area contributed by atoms with E-state index in [4.69, 9.17) is 5.73 Å². The summed E-state index contributed by atoms with van der Waals surface area (Å²) in [6.07, 6.45) is 0. The molecule has 0 unspecified atom stereocenters. The third-order valence-corrected chi connectivity index (χ3v) is 6.06. The molecule has 3 rings (SSSR count). The van der Waals surface area contributed by atoms with Crippen molar-refractivity contribution in [1.82, 2.24) is 14.5 Å². The van der Waals surface area contributed by atoms with Crippen LogP contribution in [0.1, 0.15) is 11.1 Å². The predicted octanol–water partition coefficient (Wildman–Crippen LogP) is 2.58. The Balaban J connectivity index is 1.83. The number of amides is 1. The smallest absolute Gasteiger partial charge is 0.357 e. The van der Waals surface area contributed by atoms with E-state index in [2.05, 4.69) is 5.10 Å². The lowest BCUT2D eigenvalue weighted by atomic mass is 10.2. The van der Waals surface area contributed by atoms with E-state index in [9.17, 15) is 18.5 Å². The van der Waals surface area contributed by atoms with Crippen LogP contribution >= 0.6 is 11.8 Å². The zero-order chi connectivity index (χ0) is 20.1. The third-order valence-electron chi connectivity index (χ3n) is 3.69. The molecule has 3 aromatic rings. The average Bonchev–Trinajstić information content (AvgIpc) is 3.03. The molecule has 10 heteroatoms. The Labute approximate surface area is 166 Å². The number of hydrogen-bond acceptors (Lipinski definition) is 7. The van der Waals surface area contributed by atoms with Crippen LogP contribution in [0.25, 0.3) is 0 Å². The van der Waals surface area contributed by atoms with Crippen LogP contribution in [0, 0.1) is 11.3 Å². The monoisotopic (exact) mass is 413 g/mol. The van der Waals surface area contributed by atoms with Gasteiger partial charge in [-0.2, -0.15) is 15.0 Å². The van der Waals surface area contributed by atoms with Crippen LogP contribution in [0.2, 0.25) is 0 Å². The molecule has 0 radical (unpaired) electrons. The Hall–Kier alpha value is -3.29. The number of carbonyl (C=O) groups is 1. The molecule has 1 aromatic heterocycles. The van der Waals surface area contributed by atoms with Crippen LogP contribution in [0.4, 0.5) is 10.6 Å². The lowest BCUT2D eigenvalue weighted by Gasteiger charge is -2.07. The molecule has 0 aliphatic heterocycles. The highest BCUT2D eigenvalue weighted by molar-refractivity contribution is 7.98. The van der Waals surface area contributed by atoms with E-state index >= 15 is 0 Å². The number of nitriles is 1. The number of hydrogen-bond donors (Lipinski definition) is 2. The normalized spacial score (nSPS) is 11.0. The SMILES string of the molecule is N#Cc1c(SCc2ccccc2)nn(C(=O)NS(=O)(=O)c2ccccc2)c1N. The van der Waals surface area contributed by atoms with Gasteiger partial charge in [-0.3, -0.25) is 0 Å². The predicted molar refractivity (Wildman–Crippen MR) is 105 cm³/mol. The first-order valence-electron chi connectivity index (χ1n) is 8.00. The van der Waals surface area contributed by atoms with Gasteiger partial charge in [0.1, 0.15) is 16.7 Å². The van der Waals surface area contributed by atoms with Gasteiger partial charge in [-0.1, -0.05) is 60.3 Å². The molecule has 2 aromatic carbocycles. The molecule has 0 aliphatic carbocycles. The van der Waals surface area contributed by atoms with Gasteiger partial charge in [0.15, 0.2) is 5.82 Å². The molecule has 0 saturated carbocycles. The summed E-state index contributed by atoms with van der Waals surface area (Å²) < 4.78 is 27.2. The Morgan fingerprint density at radius 3 is 2.36 bits per heavy atom. The topological polar surface area (TPSA) is 131 Å². The van der Waals surface area contributed by atoms with Crippen molar-refractivity contribution in [3.63, 3.8) is 0 Å². The number of benzene rings is 2. The largest absolute Gasteiger partial charge is 0.382 e. The average molecular weight is 413 g/mol. The van der Waals surface area contributed by atoms with E-state index < -0.39 is 16.1 Å². The molecule has 8 nitrogen and oxygen atoms in total. The molecular formula is C18H15N5O3S2. The number of nitrogens with two attached hydrogens (primary N) is 1. The Bertz CT molecular complexity index is 1140. The van der Waals surface area contributed by atoms with Crippen molar-refractivity contribution in [1.29, 1.82) is 5.26 Å². The molecule has 1 amide bonds. The van der Waals surface area contributed by atoms with E-state index in [1.807, 2.05) is 41.1 Å². The number of nitrogen functional groups attached to an aromatic ring is 1. The summed E-state index contributed by atoms with van der Waals surface area (Å²) in [5.41, 5.74) is 6.87. The number of carbonyl (C=O) groups excluding carboxylic acids is 1. The second kappa shape index (κ2) is 8.16. The maximum Gasteiger partial charge on any atom is 0.357 e. The number of thioether (sulfide) groups is 1. The molecule has 142 valence electrons. The Morgan fingerprint density at radius 1 is 1.14 bits per heavy atom. The van der Waals surface area contributed by atoms with Crippen LogP contribution in [0.5, 0.6) is 0 Å². The fraction of sp³-hybridized carbons (Fsp3) is 0.0556. The number of nitrogens with zero attached hydrogens (tertiary/aromatic N) is 3. The van der Waals surface area contributed by atoms with Gasteiger partial charge in [0.25, 0.3) is 10.0 Å². The third kappa shape index (κ3) is 4.16. The summed E-state index contributed by atoms with van der Waals surface area (Å²) in [6, 6.07) is 17.8. The number of anilines is 1. The molecule has 0 spiro atoms. The van der Waals surface area contributed by atoms with Crippen molar-refractivity contribution in [3.05, 3.63) is 71.8 Å². The van der Waals surface area contributed by atoms with Gasteiger partial charge >= 0.3 is 6.03 Å². The minimum absolute atomic E-state index is 0.0215. The maximum atomic E-state index is 12.4. The van der Waals surface area contributed by atoms with Gasteiger partial charge in [-0.25, -0.2) is 17.9 Å². The van der Waals surface area contributed by atoms with Crippen molar-refractivity contribution in [2.24, 2.45) is 0 Å². The summed E-state index contributed by atoms with van der Waals surface area (Å²) in [7, 11) is -4.10. The molecule has 0 bridgehead atoms. The minimum Gasteiger partial charge on any atom is -0.382 e. The first-order chi connectivity index (χ1) is 13.4. The number of sulfonamides is 1. The van der Waals surface area contributed by atoms with E-state index in [-0.39, 0.29) is 21.3 Å². The Kier molecular flexibility index (Phi) is 5.67. The molecule has 0 fully saturated rings. The molecule has 28 heavy (non-hydrogen) atoms. The maximum absolute atomic E-state index is 12.4. The lowest BCUT2D eigenvalue weighted by Crippen LogP contribution is -2.35. The lowest BCUT2D eigenvalue weighted by molar-refractivity contribution is 0.244. The molecule has 3 N–H and O–H groups in total. The first kappa shape index (κ1) is 19.5. The summed E-state index contributed by atoms with van der Waals surface area (Å²) in [6.45, 7) is 0. The van der Waals surface area contributed by atoms with Crippen molar-refractivity contribution >= 4 is 33.6 Å². The van der Waals surface area contributed by atoms with E-state index in [1.165, 1.54) is 36.0 Å². The van der Waals surface area contributed by atoms with Gasteiger partial charge in [0.05, 0.1) is 4.90 Å². The van der Waals surface area contributed by atoms with Gasteiger partial charge in [-0.15, -0.1) is 0 Å². The summed E-state index contributed by atoms with van der Waals surface area (Å²) >= 11 is 1.23. The van der Waals surface area contributed by atoms with Crippen molar-refractivity contribution in [2.75, 3.05) is 5.73 Å². The van der Waals surface area contributed by atoms with Crippen LogP contribution in [0.15, 0.2) is 70.6 Å². The van der Waals surface area contributed by atoms with Gasteiger partial charge in [-0.05, 0) is 17.7 Å². The van der Waals surface area contributed by atoms with Crippen molar-refractivity contribution in [3.8, 4) is 6.07 Å². The molecular weight excluding hydrogens is 398 g/mol. The van der Waals surface area contributed by atoms with E-state index in [0.717, 1.165) is 5.56 Å². The van der Waals surface area contributed by atoms with Gasteiger partial charge < -0.3 is 5.73 Å². The number of aromatic nitrogens is 2. The summed E-state index contributed by atoms with van der Waals surface area (Å²) in [5, 5.41) is 13.6. The quantitative estimate of drug-likeness (QED) is 0.615.